The van der Waals surface area contributed by atoms with Gasteiger partial charge in [-0.3, -0.25) is 4.90 Å². The molecule has 0 aromatic heterocycles. The molecular formula is C12H26ClNO2. The van der Waals surface area contributed by atoms with E-state index in [4.69, 9.17) is 21.1 Å². The molecule has 0 atom stereocenters. The van der Waals surface area contributed by atoms with E-state index in [0.29, 0.717) is 18.5 Å². The third-order valence-corrected chi connectivity index (χ3v) is 2.94. The van der Waals surface area contributed by atoms with Crippen LogP contribution in [0.25, 0.3) is 0 Å². The average Bonchev–Trinajstić information content (AvgIpc) is 2.31. The minimum absolute atomic E-state index is 0.572. The van der Waals surface area contributed by atoms with Crippen LogP contribution in [-0.2, 0) is 9.47 Å². The zero-order chi connectivity index (χ0) is 12.2. The van der Waals surface area contributed by atoms with Crippen LogP contribution in [0.2, 0.25) is 0 Å². The monoisotopic (exact) mass is 251 g/mol. The van der Waals surface area contributed by atoms with Gasteiger partial charge < -0.3 is 9.47 Å². The zero-order valence-electron chi connectivity index (χ0n) is 10.9. The molecule has 0 rings (SSSR count). The highest BCUT2D eigenvalue weighted by Crippen LogP contribution is 2.07. The summed E-state index contributed by atoms with van der Waals surface area (Å²) < 4.78 is 10.6. The van der Waals surface area contributed by atoms with E-state index in [-0.39, 0.29) is 0 Å². The lowest BCUT2D eigenvalue weighted by atomic mass is 10.1. The molecule has 0 aromatic carbocycles. The van der Waals surface area contributed by atoms with Crippen LogP contribution in [-0.4, -0.2) is 56.8 Å². The molecule has 0 radical (unpaired) electrons. The molecule has 98 valence electrons. The summed E-state index contributed by atoms with van der Waals surface area (Å²) in [6.45, 7) is 8.59. The first-order valence-electron chi connectivity index (χ1n) is 6.16. The van der Waals surface area contributed by atoms with E-state index in [1.807, 2.05) is 0 Å². The molecule has 4 heteroatoms. The summed E-state index contributed by atoms with van der Waals surface area (Å²) >= 11 is 5.56. The van der Waals surface area contributed by atoms with E-state index in [1.165, 1.54) is 12.8 Å². The van der Waals surface area contributed by atoms with Gasteiger partial charge in [0.15, 0.2) is 0 Å². The van der Waals surface area contributed by atoms with Crippen LogP contribution in [0.15, 0.2) is 0 Å². The first kappa shape index (κ1) is 16.2. The molecule has 16 heavy (non-hydrogen) atoms. The van der Waals surface area contributed by atoms with Crippen molar-refractivity contribution < 1.29 is 9.47 Å². The van der Waals surface area contributed by atoms with Crippen LogP contribution >= 0.6 is 11.6 Å². The van der Waals surface area contributed by atoms with Crippen LogP contribution < -0.4 is 0 Å². The van der Waals surface area contributed by atoms with Crippen LogP contribution in [0.5, 0.6) is 0 Å². The molecule has 0 aromatic rings. The van der Waals surface area contributed by atoms with Gasteiger partial charge in [-0.2, -0.15) is 0 Å². The summed E-state index contributed by atoms with van der Waals surface area (Å²) in [5.41, 5.74) is 0. The van der Waals surface area contributed by atoms with E-state index in [1.54, 1.807) is 7.11 Å². The Kier molecular flexibility index (Phi) is 11.8. The van der Waals surface area contributed by atoms with Crippen molar-refractivity contribution in [1.82, 2.24) is 4.90 Å². The van der Waals surface area contributed by atoms with Gasteiger partial charge in [0.2, 0.25) is 0 Å². The average molecular weight is 252 g/mol. The molecule has 0 aliphatic rings. The highest BCUT2D eigenvalue weighted by Gasteiger charge is 2.14. The smallest absolute Gasteiger partial charge is 0.0602 e. The topological polar surface area (TPSA) is 21.7 Å². The third kappa shape index (κ3) is 7.44. The quantitative estimate of drug-likeness (QED) is 0.416. The molecule has 0 aliphatic heterocycles. The normalized spacial score (nSPS) is 11.6. The van der Waals surface area contributed by atoms with Crippen LogP contribution in [0, 0.1) is 0 Å². The molecule has 0 heterocycles. The van der Waals surface area contributed by atoms with Gasteiger partial charge in [0.1, 0.15) is 0 Å². The number of hydrogen-bond acceptors (Lipinski definition) is 3. The van der Waals surface area contributed by atoms with E-state index in [2.05, 4.69) is 18.7 Å². The number of nitrogens with zero attached hydrogens (tertiary/aromatic N) is 1. The predicted octanol–water partition coefficient (Wildman–Crippen LogP) is 2.38. The number of rotatable bonds is 11. The van der Waals surface area contributed by atoms with Crippen LogP contribution in [0.1, 0.15) is 26.7 Å². The standard InChI is InChI=1S/C12H26ClNO2/c1-4-12(5-2)14(7-10-15-3)8-11-16-9-6-13/h12H,4-11H2,1-3H3. The fourth-order valence-corrected chi connectivity index (χ4v) is 1.94. The van der Waals surface area contributed by atoms with Crippen molar-refractivity contribution in [3.8, 4) is 0 Å². The van der Waals surface area contributed by atoms with Crippen molar-refractivity contribution in [2.45, 2.75) is 32.7 Å². The van der Waals surface area contributed by atoms with Crippen molar-refractivity contribution in [2.24, 2.45) is 0 Å². The molecule has 0 aliphatic carbocycles. The molecule has 0 saturated heterocycles. The van der Waals surface area contributed by atoms with E-state index < -0.39 is 0 Å². The minimum Gasteiger partial charge on any atom is -0.383 e. The summed E-state index contributed by atoms with van der Waals surface area (Å²) in [6.07, 6.45) is 2.35. The van der Waals surface area contributed by atoms with Gasteiger partial charge in [0.05, 0.1) is 19.8 Å². The SMILES string of the molecule is CCC(CC)N(CCOC)CCOCCCl. The summed E-state index contributed by atoms with van der Waals surface area (Å²) in [5.74, 6) is 0.572. The predicted molar refractivity (Wildman–Crippen MR) is 69.4 cm³/mol. The molecule has 0 spiro atoms. The van der Waals surface area contributed by atoms with Gasteiger partial charge in [-0.1, -0.05) is 13.8 Å². The molecule has 0 N–H and O–H groups in total. The van der Waals surface area contributed by atoms with Crippen molar-refractivity contribution in [1.29, 1.82) is 0 Å². The van der Waals surface area contributed by atoms with E-state index in [9.17, 15) is 0 Å². The lowest BCUT2D eigenvalue weighted by Gasteiger charge is -2.30. The Morgan fingerprint density at radius 1 is 1.06 bits per heavy atom. The van der Waals surface area contributed by atoms with Gasteiger partial charge in [-0.05, 0) is 12.8 Å². The second-order valence-corrected chi connectivity index (χ2v) is 4.18. The van der Waals surface area contributed by atoms with Crippen LogP contribution in [0.4, 0.5) is 0 Å². The molecular weight excluding hydrogens is 226 g/mol. The Hall–Kier alpha value is 0.170. The van der Waals surface area contributed by atoms with Gasteiger partial charge in [-0.25, -0.2) is 0 Å². The molecule has 0 saturated carbocycles. The Balaban J connectivity index is 3.88. The van der Waals surface area contributed by atoms with Crippen molar-refractivity contribution in [3.05, 3.63) is 0 Å². The number of halogens is 1. The highest BCUT2D eigenvalue weighted by atomic mass is 35.5. The number of hydrogen-bond donors (Lipinski definition) is 0. The maximum Gasteiger partial charge on any atom is 0.0602 e. The fourth-order valence-electron chi connectivity index (χ4n) is 1.83. The Morgan fingerprint density at radius 2 is 1.69 bits per heavy atom. The molecule has 0 bridgehead atoms. The lowest BCUT2D eigenvalue weighted by Crippen LogP contribution is -2.39. The Morgan fingerprint density at radius 3 is 2.19 bits per heavy atom. The first-order valence-corrected chi connectivity index (χ1v) is 6.70. The number of ether oxygens (including phenoxy) is 2. The molecule has 0 fully saturated rings. The van der Waals surface area contributed by atoms with Gasteiger partial charge in [0.25, 0.3) is 0 Å². The second-order valence-electron chi connectivity index (χ2n) is 3.80. The number of methoxy groups -OCH3 is 1. The highest BCUT2D eigenvalue weighted by molar-refractivity contribution is 6.17. The Labute approximate surface area is 105 Å². The van der Waals surface area contributed by atoms with E-state index in [0.717, 1.165) is 26.3 Å². The van der Waals surface area contributed by atoms with Crippen molar-refractivity contribution in [2.75, 3.05) is 45.9 Å². The van der Waals surface area contributed by atoms with Gasteiger partial charge in [-0.15, -0.1) is 11.6 Å². The maximum atomic E-state index is 5.56. The number of alkyl halides is 1. The van der Waals surface area contributed by atoms with Crippen molar-refractivity contribution >= 4 is 11.6 Å². The summed E-state index contributed by atoms with van der Waals surface area (Å²) in [4.78, 5) is 2.44. The third-order valence-electron chi connectivity index (χ3n) is 2.79. The van der Waals surface area contributed by atoms with E-state index >= 15 is 0 Å². The summed E-state index contributed by atoms with van der Waals surface area (Å²) in [6, 6.07) is 0.634. The summed E-state index contributed by atoms with van der Waals surface area (Å²) in [5, 5.41) is 0. The van der Waals surface area contributed by atoms with Gasteiger partial charge >= 0.3 is 0 Å². The van der Waals surface area contributed by atoms with Crippen LogP contribution in [0.3, 0.4) is 0 Å². The lowest BCUT2D eigenvalue weighted by molar-refractivity contribution is 0.0711. The maximum absolute atomic E-state index is 5.56. The first-order chi connectivity index (χ1) is 7.79. The second kappa shape index (κ2) is 11.6. The molecule has 3 nitrogen and oxygen atoms in total. The fraction of sp³-hybridized carbons (Fsp3) is 1.00. The minimum atomic E-state index is 0.572. The summed E-state index contributed by atoms with van der Waals surface area (Å²) in [7, 11) is 1.75. The molecule has 0 amide bonds. The van der Waals surface area contributed by atoms with Gasteiger partial charge in [0, 0.05) is 32.1 Å². The largest absolute Gasteiger partial charge is 0.383 e. The van der Waals surface area contributed by atoms with Crippen molar-refractivity contribution in [3.63, 3.8) is 0 Å². The molecule has 0 unspecified atom stereocenters. The zero-order valence-corrected chi connectivity index (χ0v) is 11.6. The Bertz CT molecular complexity index is 143.